The molecule has 1 atom stereocenters. The largest absolute Gasteiger partial charge is 0.310 e. The first-order chi connectivity index (χ1) is 12.0. The third kappa shape index (κ3) is 2.69. The summed E-state index contributed by atoms with van der Waals surface area (Å²) in [5, 5.41) is 7.18. The highest BCUT2D eigenvalue weighted by Gasteiger charge is 2.32. The van der Waals surface area contributed by atoms with Crippen molar-refractivity contribution in [2.24, 2.45) is 0 Å². The monoisotopic (exact) mass is 339 g/mol. The Morgan fingerprint density at radius 2 is 1.88 bits per heavy atom. The van der Waals surface area contributed by atoms with E-state index in [0.717, 1.165) is 17.3 Å². The van der Waals surface area contributed by atoms with E-state index in [0.29, 0.717) is 16.9 Å². The summed E-state index contributed by atoms with van der Waals surface area (Å²) in [6.07, 6.45) is 1.72. The van der Waals surface area contributed by atoms with E-state index in [1.165, 1.54) is 12.1 Å². The minimum absolute atomic E-state index is 0.0924. The number of aromatic nitrogens is 2. The third-order valence-electron chi connectivity index (χ3n) is 4.44. The Morgan fingerprint density at radius 1 is 1.12 bits per heavy atom. The molecule has 4 nitrogen and oxygen atoms in total. The summed E-state index contributed by atoms with van der Waals surface area (Å²) in [6, 6.07) is 11.1. The molecule has 1 aliphatic heterocycles. The number of carbonyl (C=O) groups is 1. The van der Waals surface area contributed by atoms with Gasteiger partial charge in [0.2, 0.25) is 5.91 Å². The number of nitrogens with zero attached hydrogens (tertiary/aromatic N) is 2. The molecule has 4 rings (SSSR count). The Labute approximate surface area is 143 Å². The first-order valence-electron chi connectivity index (χ1n) is 7.92. The number of benzene rings is 2. The van der Waals surface area contributed by atoms with Crippen molar-refractivity contribution in [2.75, 3.05) is 5.32 Å². The van der Waals surface area contributed by atoms with Crippen LogP contribution >= 0.6 is 0 Å². The van der Waals surface area contributed by atoms with Crippen molar-refractivity contribution in [2.45, 2.75) is 19.3 Å². The van der Waals surface area contributed by atoms with Gasteiger partial charge < -0.3 is 5.32 Å². The SMILES string of the molecule is Cc1ccc(-n2ncc3c2NC(=O)CC3c2ccc(F)cc2F)cc1. The number of fused-ring (bicyclic) bond motifs is 1. The van der Waals surface area contributed by atoms with E-state index in [1.807, 2.05) is 31.2 Å². The average Bonchev–Trinajstić information content (AvgIpc) is 2.99. The van der Waals surface area contributed by atoms with E-state index in [-0.39, 0.29) is 12.3 Å². The summed E-state index contributed by atoms with van der Waals surface area (Å²) in [6.45, 7) is 1.98. The van der Waals surface area contributed by atoms with E-state index in [2.05, 4.69) is 10.4 Å². The summed E-state index contributed by atoms with van der Waals surface area (Å²) in [7, 11) is 0. The first-order valence-corrected chi connectivity index (χ1v) is 7.92. The van der Waals surface area contributed by atoms with Crippen molar-refractivity contribution in [1.29, 1.82) is 0 Å². The van der Waals surface area contributed by atoms with Crippen LogP contribution in [0.4, 0.5) is 14.6 Å². The number of nitrogens with one attached hydrogen (secondary N) is 1. The standard InChI is InChI=1S/C19H15F2N3O/c1-11-2-5-13(6-3-11)24-19-16(10-22-24)15(9-18(25)23-19)14-7-4-12(20)8-17(14)21/h2-8,10,15H,9H2,1H3,(H,23,25). The van der Waals surface area contributed by atoms with Crippen LogP contribution in [-0.2, 0) is 4.79 Å². The van der Waals surface area contributed by atoms with Crippen molar-refractivity contribution in [1.82, 2.24) is 9.78 Å². The second-order valence-corrected chi connectivity index (χ2v) is 6.17. The highest BCUT2D eigenvalue weighted by Crippen LogP contribution is 2.39. The fourth-order valence-corrected chi connectivity index (χ4v) is 3.16. The molecule has 0 aliphatic carbocycles. The van der Waals surface area contributed by atoms with Gasteiger partial charge >= 0.3 is 0 Å². The van der Waals surface area contributed by atoms with Gasteiger partial charge in [-0.1, -0.05) is 23.8 Å². The molecule has 2 aromatic carbocycles. The van der Waals surface area contributed by atoms with Crippen molar-refractivity contribution in [3.63, 3.8) is 0 Å². The molecule has 126 valence electrons. The molecule has 6 heteroatoms. The molecule has 25 heavy (non-hydrogen) atoms. The van der Waals surface area contributed by atoms with E-state index in [9.17, 15) is 13.6 Å². The Bertz CT molecular complexity index is 963. The maximum atomic E-state index is 14.2. The van der Waals surface area contributed by atoms with Gasteiger partial charge in [-0.2, -0.15) is 5.10 Å². The van der Waals surface area contributed by atoms with Gasteiger partial charge in [-0.05, 0) is 30.7 Å². The maximum absolute atomic E-state index is 14.2. The van der Waals surface area contributed by atoms with Crippen molar-refractivity contribution < 1.29 is 13.6 Å². The number of anilines is 1. The molecule has 1 aliphatic rings. The number of amides is 1. The van der Waals surface area contributed by atoms with Gasteiger partial charge in [0.15, 0.2) is 0 Å². The first kappa shape index (κ1) is 15.5. The average molecular weight is 339 g/mol. The van der Waals surface area contributed by atoms with Crippen LogP contribution < -0.4 is 5.32 Å². The summed E-state index contributed by atoms with van der Waals surface area (Å²) in [5.41, 5.74) is 2.92. The molecule has 0 fully saturated rings. The molecule has 2 heterocycles. The van der Waals surface area contributed by atoms with Gasteiger partial charge in [-0.15, -0.1) is 0 Å². The van der Waals surface area contributed by atoms with Crippen molar-refractivity contribution in [3.05, 3.63) is 77.0 Å². The van der Waals surface area contributed by atoms with Gasteiger partial charge in [-0.25, -0.2) is 13.5 Å². The molecule has 3 aromatic rings. The van der Waals surface area contributed by atoms with E-state index < -0.39 is 17.6 Å². The molecule has 1 aromatic heterocycles. The zero-order chi connectivity index (χ0) is 17.6. The molecular formula is C19H15F2N3O. The zero-order valence-electron chi connectivity index (χ0n) is 13.5. The number of hydrogen-bond acceptors (Lipinski definition) is 2. The van der Waals surface area contributed by atoms with Gasteiger partial charge in [-0.3, -0.25) is 4.79 Å². The van der Waals surface area contributed by atoms with Gasteiger partial charge in [0.25, 0.3) is 0 Å². The summed E-state index contributed by atoms with van der Waals surface area (Å²) in [5.74, 6) is -1.50. The minimum Gasteiger partial charge on any atom is -0.310 e. The number of hydrogen-bond donors (Lipinski definition) is 1. The zero-order valence-corrected chi connectivity index (χ0v) is 13.5. The Morgan fingerprint density at radius 3 is 2.60 bits per heavy atom. The number of aryl methyl sites for hydroxylation is 1. The summed E-state index contributed by atoms with van der Waals surface area (Å²) < 4.78 is 29.1. The molecule has 1 amide bonds. The van der Waals surface area contributed by atoms with Crippen LogP contribution in [0.5, 0.6) is 0 Å². The minimum atomic E-state index is -0.659. The second kappa shape index (κ2) is 5.81. The lowest BCUT2D eigenvalue weighted by Crippen LogP contribution is -2.25. The second-order valence-electron chi connectivity index (χ2n) is 6.17. The summed E-state index contributed by atoms with van der Waals surface area (Å²) >= 11 is 0. The van der Waals surface area contributed by atoms with Crippen LogP contribution in [0, 0.1) is 18.6 Å². The van der Waals surface area contributed by atoms with E-state index in [1.54, 1.807) is 10.9 Å². The Hall–Kier alpha value is -3.02. The lowest BCUT2D eigenvalue weighted by molar-refractivity contribution is -0.116. The van der Waals surface area contributed by atoms with Crippen LogP contribution in [0.3, 0.4) is 0 Å². The normalized spacial score (nSPS) is 16.4. The van der Waals surface area contributed by atoms with Gasteiger partial charge in [0.1, 0.15) is 17.5 Å². The molecular weight excluding hydrogens is 324 g/mol. The van der Waals surface area contributed by atoms with Crippen LogP contribution in [0.2, 0.25) is 0 Å². The molecule has 1 unspecified atom stereocenters. The highest BCUT2D eigenvalue weighted by molar-refractivity contribution is 5.94. The Balaban J connectivity index is 1.82. The molecule has 0 bridgehead atoms. The van der Waals surface area contributed by atoms with Gasteiger partial charge in [0, 0.05) is 24.0 Å². The van der Waals surface area contributed by atoms with E-state index >= 15 is 0 Å². The lowest BCUT2D eigenvalue weighted by Gasteiger charge is -2.24. The number of rotatable bonds is 2. The van der Waals surface area contributed by atoms with Crippen LogP contribution in [0.15, 0.2) is 48.7 Å². The molecule has 1 N–H and O–H groups in total. The predicted octanol–water partition coefficient (Wildman–Crippen LogP) is 3.93. The van der Waals surface area contributed by atoms with Crippen molar-refractivity contribution in [3.8, 4) is 5.69 Å². The summed E-state index contributed by atoms with van der Waals surface area (Å²) in [4.78, 5) is 12.2. The lowest BCUT2D eigenvalue weighted by atomic mass is 9.87. The maximum Gasteiger partial charge on any atom is 0.226 e. The molecule has 0 spiro atoms. The van der Waals surface area contributed by atoms with Crippen LogP contribution in [0.1, 0.15) is 29.0 Å². The fourth-order valence-electron chi connectivity index (χ4n) is 3.16. The molecule has 0 radical (unpaired) electrons. The highest BCUT2D eigenvalue weighted by atomic mass is 19.1. The fraction of sp³-hybridized carbons (Fsp3) is 0.158. The number of halogens is 2. The smallest absolute Gasteiger partial charge is 0.226 e. The van der Waals surface area contributed by atoms with Crippen LogP contribution in [-0.4, -0.2) is 15.7 Å². The van der Waals surface area contributed by atoms with Crippen molar-refractivity contribution >= 4 is 11.7 Å². The Kier molecular flexibility index (Phi) is 3.60. The quantitative estimate of drug-likeness (QED) is 0.769. The number of carbonyl (C=O) groups excluding carboxylic acids is 1. The topological polar surface area (TPSA) is 46.9 Å². The molecule has 0 saturated heterocycles. The predicted molar refractivity (Wildman–Crippen MR) is 89.7 cm³/mol. The van der Waals surface area contributed by atoms with E-state index in [4.69, 9.17) is 0 Å². The van der Waals surface area contributed by atoms with Crippen LogP contribution in [0.25, 0.3) is 5.69 Å². The molecule has 0 saturated carbocycles. The van der Waals surface area contributed by atoms with Gasteiger partial charge in [0.05, 0.1) is 11.9 Å². The third-order valence-corrected chi connectivity index (χ3v) is 4.44.